The number of nitrogens with two attached hydrogens (primary N) is 1. The van der Waals surface area contributed by atoms with Gasteiger partial charge in [0.2, 0.25) is 0 Å². The smallest absolute Gasteiger partial charge is 0.387 e. The number of alkyl halides is 2. The minimum atomic E-state index is -2.82. The fourth-order valence-corrected chi connectivity index (χ4v) is 2.70. The summed E-state index contributed by atoms with van der Waals surface area (Å²) in [6, 6.07) is 7.16. The monoisotopic (exact) mass is 298 g/mol. The second kappa shape index (κ2) is 7.18. The van der Waals surface area contributed by atoms with E-state index in [0.29, 0.717) is 18.5 Å². The van der Waals surface area contributed by atoms with Gasteiger partial charge in [-0.15, -0.1) is 0 Å². The molecule has 2 N–H and O–H groups in total. The summed E-state index contributed by atoms with van der Waals surface area (Å²) >= 11 is 0. The highest BCUT2D eigenvalue weighted by Crippen LogP contribution is 2.36. The van der Waals surface area contributed by atoms with Crippen LogP contribution >= 0.6 is 0 Å². The molecule has 0 radical (unpaired) electrons. The molecule has 1 fully saturated rings. The summed E-state index contributed by atoms with van der Waals surface area (Å²) in [5.74, 6) is 0.939. The van der Waals surface area contributed by atoms with Crippen LogP contribution in [0.2, 0.25) is 0 Å². The maximum Gasteiger partial charge on any atom is 0.387 e. The molecular formula is C16H24F2N2O. The van der Waals surface area contributed by atoms with Crippen molar-refractivity contribution < 1.29 is 13.5 Å². The van der Waals surface area contributed by atoms with Crippen LogP contribution in [0.5, 0.6) is 5.75 Å². The Hall–Kier alpha value is -1.20. The summed E-state index contributed by atoms with van der Waals surface area (Å²) in [6.45, 7) is 2.75. The molecule has 2 rings (SSSR count). The van der Waals surface area contributed by atoms with E-state index in [1.807, 2.05) is 12.1 Å². The predicted octanol–water partition coefficient (Wildman–Crippen LogP) is 3.41. The molecule has 1 aromatic rings. The van der Waals surface area contributed by atoms with Gasteiger partial charge in [-0.1, -0.05) is 18.2 Å². The minimum absolute atomic E-state index is 0.0967. The average Bonchev–Trinajstić information content (AvgIpc) is 3.23. The van der Waals surface area contributed by atoms with Crippen LogP contribution in [-0.4, -0.2) is 30.6 Å². The van der Waals surface area contributed by atoms with Gasteiger partial charge in [-0.05, 0) is 38.7 Å². The van der Waals surface area contributed by atoms with Crippen LogP contribution in [0.15, 0.2) is 24.3 Å². The first kappa shape index (κ1) is 16.2. The first-order valence-electron chi connectivity index (χ1n) is 7.52. The van der Waals surface area contributed by atoms with Crippen molar-refractivity contribution in [1.82, 2.24) is 4.90 Å². The zero-order valence-electron chi connectivity index (χ0n) is 12.6. The van der Waals surface area contributed by atoms with Crippen LogP contribution in [0, 0.1) is 5.92 Å². The number of nitrogens with zero attached hydrogens (tertiary/aromatic N) is 1. The first-order chi connectivity index (χ1) is 10.0. The highest BCUT2D eigenvalue weighted by atomic mass is 19.3. The lowest BCUT2D eigenvalue weighted by molar-refractivity contribution is -0.0513. The Balaban J connectivity index is 2.25. The number of benzene rings is 1. The van der Waals surface area contributed by atoms with Crippen molar-refractivity contribution in [2.24, 2.45) is 11.7 Å². The fourth-order valence-electron chi connectivity index (χ4n) is 2.70. The number of halogens is 2. The van der Waals surface area contributed by atoms with E-state index in [4.69, 9.17) is 5.73 Å². The largest absolute Gasteiger partial charge is 0.434 e. The van der Waals surface area contributed by atoms with Gasteiger partial charge in [0.25, 0.3) is 0 Å². The van der Waals surface area contributed by atoms with Gasteiger partial charge in [-0.3, -0.25) is 4.90 Å². The van der Waals surface area contributed by atoms with Gasteiger partial charge in [0, 0.05) is 24.7 Å². The number of hydrogen-bond donors (Lipinski definition) is 1. The van der Waals surface area contributed by atoms with Gasteiger partial charge >= 0.3 is 6.61 Å². The van der Waals surface area contributed by atoms with Gasteiger partial charge < -0.3 is 10.5 Å². The minimum Gasteiger partial charge on any atom is -0.434 e. The van der Waals surface area contributed by atoms with Gasteiger partial charge in [-0.2, -0.15) is 8.78 Å². The third-order valence-electron chi connectivity index (χ3n) is 3.95. The van der Waals surface area contributed by atoms with Gasteiger partial charge in [-0.25, -0.2) is 0 Å². The van der Waals surface area contributed by atoms with Crippen LogP contribution < -0.4 is 10.5 Å². The van der Waals surface area contributed by atoms with E-state index in [0.717, 1.165) is 12.1 Å². The number of hydrogen-bond acceptors (Lipinski definition) is 3. The van der Waals surface area contributed by atoms with Crippen LogP contribution in [0.1, 0.15) is 38.3 Å². The summed E-state index contributed by atoms with van der Waals surface area (Å²) in [4.78, 5) is 2.30. The van der Waals surface area contributed by atoms with Crippen LogP contribution in [-0.2, 0) is 0 Å². The molecule has 3 nitrogen and oxygen atoms in total. The van der Waals surface area contributed by atoms with E-state index < -0.39 is 6.61 Å². The summed E-state index contributed by atoms with van der Waals surface area (Å²) in [6.07, 6.45) is 2.49. The Labute approximate surface area is 125 Å². The van der Waals surface area contributed by atoms with Gasteiger partial charge in [0.1, 0.15) is 5.75 Å². The Morgan fingerprint density at radius 1 is 1.29 bits per heavy atom. The molecule has 118 valence electrons. The van der Waals surface area contributed by atoms with Crippen molar-refractivity contribution in [2.45, 2.75) is 45.4 Å². The Morgan fingerprint density at radius 3 is 2.48 bits per heavy atom. The van der Waals surface area contributed by atoms with Crippen molar-refractivity contribution >= 4 is 0 Å². The Morgan fingerprint density at radius 2 is 1.95 bits per heavy atom. The number of para-hydroxylation sites is 1. The molecule has 1 aromatic carbocycles. The van der Waals surface area contributed by atoms with Gasteiger partial charge in [0.05, 0.1) is 6.04 Å². The van der Waals surface area contributed by atoms with Crippen molar-refractivity contribution in [3.8, 4) is 5.75 Å². The number of rotatable bonds is 8. The molecular weight excluding hydrogens is 274 g/mol. The zero-order chi connectivity index (χ0) is 15.4. The molecule has 0 spiro atoms. The maximum absolute atomic E-state index is 12.6. The third-order valence-corrected chi connectivity index (χ3v) is 3.95. The van der Waals surface area contributed by atoms with Crippen LogP contribution in [0.4, 0.5) is 8.78 Å². The van der Waals surface area contributed by atoms with E-state index in [-0.39, 0.29) is 11.8 Å². The SMILES string of the molecule is CC(C)N(CC1CC1)C(CN)c1ccccc1OC(F)F. The fraction of sp³-hybridized carbons (Fsp3) is 0.625. The normalized spacial score (nSPS) is 16.8. The number of ether oxygens (including phenoxy) is 1. The first-order valence-corrected chi connectivity index (χ1v) is 7.52. The lowest BCUT2D eigenvalue weighted by Crippen LogP contribution is -2.40. The molecule has 0 bridgehead atoms. The molecule has 0 amide bonds. The lowest BCUT2D eigenvalue weighted by Gasteiger charge is -2.35. The molecule has 1 aliphatic rings. The van der Waals surface area contributed by atoms with Gasteiger partial charge in [0.15, 0.2) is 0 Å². The average molecular weight is 298 g/mol. The van der Waals surface area contributed by atoms with Crippen molar-refractivity contribution in [2.75, 3.05) is 13.1 Å². The molecule has 1 aliphatic carbocycles. The molecule has 0 aliphatic heterocycles. The lowest BCUT2D eigenvalue weighted by atomic mass is 10.0. The molecule has 0 heterocycles. The summed E-state index contributed by atoms with van der Waals surface area (Å²) in [5, 5.41) is 0. The van der Waals surface area contributed by atoms with Crippen molar-refractivity contribution in [3.05, 3.63) is 29.8 Å². The highest BCUT2D eigenvalue weighted by molar-refractivity contribution is 5.36. The second-order valence-corrected chi connectivity index (χ2v) is 5.90. The predicted molar refractivity (Wildman–Crippen MR) is 79.4 cm³/mol. The Kier molecular flexibility index (Phi) is 5.53. The van der Waals surface area contributed by atoms with E-state index >= 15 is 0 Å². The van der Waals surface area contributed by atoms with E-state index in [1.54, 1.807) is 12.1 Å². The molecule has 1 atom stereocenters. The molecule has 5 heteroatoms. The maximum atomic E-state index is 12.6. The quantitative estimate of drug-likeness (QED) is 0.799. The topological polar surface area (TPSA) is 38.5 Å². The van der Waals surface area contributed by atoms with Crippen LogP contribution in [0.25, 0.3) is 0 Å². The molecule has 0 saturated heterocycles. The molecule has 21 heavy (non-hydrogen) atoms. The van der Waals surface area contributed by atoms with E-state index in [1.165, 1.54) is 12.8 Å². The Bertz CT molecular complexity index is 450. The molecule has 0 aromatic heterocycles. The summed E-state index contributed by atoms with van der Waals surface area (Å²) < 4.78 is 29.8. The standard InChI is InChI=1S/C16H24F2N2O/c1-11(2)20(10-12-7-8-12)14(9-19)13-5-3-4-6-15(13)21-16(17)18/h3-6,11-12,14,16H,7-10,19H2,1-2H3. The van der Waals surface area contributed by atoms with E-state index in [9.17, 15) is 8.78 Å². The summed E-state index contributed by atoms with van der Waals surface area (Å²) in [5.41, 5.74) is 6.70. The van der Waals surface area contributed by atoms with Crippen LogP contribution in [0.3, 0.4) is 0 Å². The van der Waals surface area contributed by atoms with E-state index in [2.05, 4.69) is 23.5 Å². The third kappa shape index (κ3) is 4.38. The molecule has 1 unspecified atom stereocenters. The summed E-state index contributed by atoms with van der Waals surface area (Å²) in [7, 11) is 0. The second-order valence-electron chi connectivity index (χ2n) is 5.90. The molecule has 1 saturated carbocycles. The van der Waals surface area contributed by atoms with Crippen molar-refractivity contribution in [1.29, 1.82) is 0 Å². The zero-order valence-corrected chi connectivity index (χ0v) is 12.6. The van der Waals surface area contributed by atoms with Crippen molar-refractivity contribution in [3.63, 3.8) is 0 Å². The highest BCUT2D eigenvalue weighted by Gasteiger charge is 2.31.